The van der Waals surface area contributed by atoms with Gasteiger partial charge < -0.3 is 10.1 Å². The standard InChI is InChI=1S/C25H28Cl2N4O5S2/c1-38(28,33,34)36-12-14-2-5-17(8-14)31-25-20(11-29-13-30-25)22(32)21-10-19(24(27)37-21)23-18-9-16(26)4-3-15(18)6-7-35-23/h3-4,9-11,13-14,17,23H,2,5-8,12H2,1H3,(H3,28,33,34)(H,29,30,31)/t14-,17+,23?/m1/s1. The van der Waals surface area contributed by atoms with E-state index in [1.165, 1.54) is 23.9 Å². The molecule has 5 rings (SSSR count). The van der Waals surface area contributed by atoms with Gasteiger partial charge in [-0.2, -0.15) is 0 Å². The van der Waals surface area contributed by atoms with Crippen LogP contribution in [0, 0.1) is 5.92 Å². The predicted octanol–water partition coefficient (Wildman–Crippen LogP) is 5.05. The predicted molar refractivity (Wildman–Crippen MR) is 149 cm³/mol. The minimum absolute atomic E-state index is 0.00718. The largest absolute Gasteiger partial charge is 0.368 e. The highest BCUT2D eigenvalue weighted by Gasteiger charge is 2.31. The molecular weight excluding hydrogens is 571 g/mol. The molecule has 4 N–H and O–H groups in total. The number of thiophene rings is 1. The van der Waals surface area contributed by atoms with Gasteiger partial charge in [-0.1, -0.05) is 29.3 Å². The second-order valence-corrected chi connectivity index (χ2v) is 14.7. The molecule has 3 heterocycles. The van der Waals surface area contributed by atoms with E-state index in [-0.39, 0.29) is 24.3 Å². The maximum Gasteiger partial charge on any atom is 0.208 e. The summed E-state index contributed by atoms with van der Waals surface area (Å²) in [4.78, 5) is 22.4. The molecule has 0 radical (unpaired) electrons. The molecule has 0 saturated heterocycles. The number of nitrogens with one attached hydrogen (secondary N) is 1. The van der Waals surface area contributed by atoms with Crippen LogP contribution in [0.3, 0.4) is 0 Å². The van der Waals surface area contributed by atoms with Crippen molar-refractivity contribution < 1.29 is 22.5 Å². The van der Waals surface area contributed by atoms with Crippen LogP contribution < -0.4 is 10.5 Å². The van der Waals surface area contributed by atoms with Crippen molar-refractivity contribution >= 4 is 56.0 Å². The molecule has 1 saturated carbocycles. The van der Waals surface area contributed by atoms with Crippen molar-refractivity contribution in [3.8, 4) is 0 Å². The van der Waals surface area contributed by atoms with Gasteiger partial charge in [0.2, 0.25) is 5.78 Å². The molecule has 1 aromatic carbocycles. The summed E-state index contributed by atoms with van der Waals surface area (Å²) in [5.74, 6) is 0.231. The van der Waals surface area contributed by atoms with Crippen molar-refractivity contribution in [3.63, 3.8) is 0 Å². The van der Waals surface area contributed by atoms with Gasteiger partial charge in [-0.05, 0) is 60.9 Å². The van der Waals surface area contributed by atoms with E-state index in [2.05, 4.69) is 15.3 Å². The lowest BCUT2D eigenvalue weighted by Crippen LogP contribution is -2.43. The van der Waals surface area contributed by atoms with Gasteiger partial charge in [0, 0.05) is 29.1 Å². The summed E-state index contributed by atoms with van der Waals surface area (Å²) >= 11 is 14.1. The molecule has 0 amide bonds. The fraction of sp³-hybridized carbons (Fsp3) is 0.400. The van der Waals surface area contributed by atoms with E-state index in [1.54, 1.807) is 6.07 Å². The first kappa shape index (κ1) is 27.6. The van der Waals surface area contributed by atoms with Crippen LogP contribution in [0.5, 0.6) is 0 Å². The number of anilines is 1. The normalized spacial score (nSPS) is 22.4. The average Bonchev–Trinajstić information content (AvgIpc) is 3.48. The Labute approximate surface area is 234 Å². The number of halogens is 2. The molecule has 1 fully saturated rings. The van der Waals surface area contributed by atoms with E-state index in [1.807, 2.05) is 18.2 Å². The lowest BCUT2D eigenvalue weighted by Gasteiger charge is -2.28. The SMILES string of the molecule is CS(N)(=O)(O)OC[C@@H]1CC[C@H](Nc2ncncc2C(=O)c2cc(C3OCCc4ccc(Cl)cc43)c(Cl)s2)C1. The molecule has 0 bridgehead atoms. The lowest BCUT2D eigenvalue weighted by atomic mass is 9.94. The number of hydrogen-bond donors (Lipinski definition) is 3. The van der Waals surface area contributed by atoms with Crippen LogP contribution in [0.4, 0.5) is 5.82 Å². The summed E-state index contributed by atoms with van der Waals surface area (Å²) in [6.45, 7) is 0.624. The van der Waals surface area contributed by atoms with Gasteiger partial charge >= 0.3 is 0 Å². The van der Waals surface area contributed by atoms with Crippen LogP contribution in [0.25, 0.3) is 0 Å². The molecule has 2 aliphatic rings. The summed E-state index contributed by atoms with van der Waals surface area (Å²) in [5, 5.41) is 9.26. The van der Waals surface area contributed by atoms with Crippen LogP contribution in [-0.2, 0) is 25.2 Å². The zero-order valence-corrected chi connectivity index (χ0v) is 23.7. The van der Waals surface area contributed by atoms with Crippen molar-refractivity contribution in [1.29, 1.82) is 0 Å². The topological polar surface area (TPSA) is 137 Å². The molecule has 9 nitrogen and oxygen atoms in total. The van der Waals surface area contributed by atoms with E-state index in [0.29, 0.717) is 38.6 Å². The summed E-state index contributed by atoms with van der Waals surface area (Å²) < 4.78 is 33.0. The Kier molecular flexibility index (Phi) is 7.66. The molecular formula is C25H28Cl2N4O5S2. The molecule has 0 spiro atoms. The van der Waals surface area contributed by atoms with Crippen LogP contribution >= 0.6 is 34.5 Å². The lowest BCUT2D eigenvalue weighted by molar-refractivity contribution is 0.0701. The zero-order chi connectivity index (χ0) is 27.1. The van der Waals surface area contributed by atoms with Crippen LogP contribution in [-0.4, -0.2) is 50.0 Å². The van der Waals surface area contributed by atoms with Gasteiger partial charge in [-0.3, -0.25) is 13.5 Å². The highest BCUT2D eigenvalue weighted by Crippen LogP contribution is 2.42. The molecule has 204 valence electrons. The van der Waals surface area contributed by atoms with Gasteiger partial charge in [-0.15, -0.1) is 11.3 Å². The quantitative estimate of drug-likeness (QED) is 0.306. The number of benzene rings is 1. The molecule has 2 aromatic heterocycles. The Morgan fingerprint density at radius 3 is 2.92 bits per heavy atom. The number of carbonyl (C=O) groups excluding carboxylic acids is 1. The molecule has 38 heavy (non-hydrogen) atoms. The van der Waals surface area contributed by atoms with Gasteiger partial charge in [0.1, 0.15) is 28.1 Å². The molecule has 3 aromatic rings. The minimum Gasteiger partial charge on any atom is -0.368 e. The number of carbonyl (C=O) groups is 1. The van der Waals surface area contributed by atoms with E-state index in [0.717, 1.165) is 42.2 Å². The van der Waals surface area contributed by atoms with Gasteiger partial charge in [0.05, 0.1) is 28.0 Å². The Morgan fingerprint density at radius 2 is 2.13 bits per heavy atom. The molecule has 1 unspecified atom stereocenters. The highest BCUT2D eigenvalue weighted by molar-refractivity contribution is 8.08. The van der Waals surface area contributed by atoms with Crippen LogP contribution in [0.15, 0.2) is 36.8 Å². The molecule has 1 aliphatic carbocycles. The van der Waals surface area contributed by atoms with E-state index >= 15 is 0 Å². The van der Waals surface area contributed by atoms with Gasteiger partial charge in [0.15, 0.2) is 0 Å². The second-order valence-electron chi connectivity index (χ2n) is 9.87. The Morgan fingerprint density at radius 1 is 1.32 bits per heavy atom. The first-order valence-electron chi connectivity index (χ1n) is 12.1. The van der Waals surface area contributed by atoms with Gasteiger partial charge in [-0.25, -0.2) is 19.3 Å². The van der Waals surface area contributed by atoms with Crippen molar-refractivity contribution in [2.75, 3.05) is 24.8 Å². The van der Waals surface area contributed by atoms with E-state index in [9.17, 15) is 13.6 Å². The number of ether oxygens (including phenoxy) is 1. The number of nitrogens with two attached hydrogens (primary N) is 1. The van der Waals surface area contributed by atoms with Crippen LogP contribution in [0.2, 0.25) is 9.36 Å². The third kappa shape index (κ3) is 6.43. The summed E-state index contributed by atoms with van der Waals surface area (Å²) in [6.07, 6.45) is 6.48. The van der Waals surface area contributed by atoms with Crippen LogP contribution in [0.1, 0.15) is 57.3 Å². The first-order valence-corrected chi connectivity index (χ1v) is 16.0. The van der Waals surface area contributed by atoms with Crippen molar-refractivity contribution in [2.45, 2.75) is 37.8 Å². The Balaban J connectivity index is 1.32. The molecule has 1 aliphatic heterocycles. The molecule has 13 heteroatoms. The maximum atomic E-state index is 13.6. The summed E-state index contributed by atoms with van der Waals surface area (Å²) in [7, 11) is -4.50. The fourth-order valence-electron chi connectivity index (χ4n) is 4.90. The number of nitrogens with zero attached hydrogens (tertiary/aromatic N) is 2. The number of fused-ring (bicyclic) bond motifs is 1. The molecule has 3 atom stereocenters. The third-order valence-corrected chi connectivity index (χ3v) is 9.03. The Hall–Kier alpha value is -1.96. The summed E-state index contributed by atoms with van der Waals surface area (Å²) in [5.41, 5.74) is 3.15. The van der Waals surface area contributed by atoms with Crippen molar-refractivity contribution in [3.05, 3.63) is 73.3 Å². The third-order valence-electron chi connectivity index (χ3n) is 6.70. The van der Waals surface area contributed by atoms with Crippen molar-refractivity contribution in [2.24, 2.45) is 11.1 Å². The monoisotopic (exact) mass is 598 g/mol. The number of aromatic nitrogens is 2. The smallest absolute Gasteiger partial charge is 0.208 e. The van der Waals surface area contributed by atoms with E-state index < -0.39 is 15.9 Å². The van der Waals surface area contributed by atoms with Gasteiger partial charge in [0.25, 0.3) is 0 Å². The maximum absolute atomic E-state index is 13.6. The first-order chi connectivity index (χ1) is 17.9. The van der Waals surface area contributed by atoms with E-state index in [4.69, 9.17) is 37.3 Å². The fourth-order valence-corrected chi connectivity index (χ4v) is 6.87. The number of rotatable bonds is 8. The van der Waals surface area contributed by atoms with Crippen molar-refractivity contribution in [1.82, 2.24) is 9.97 Å². The Bertz CT molecular complexity index is 1430. The highest BCUT2D eigenvalue weighted by atomic mass is 35.5. The zero-order valence-electron chi connectivity index (χ0n) is 20.6. The summed E-state index contributed by atoms with van der Waals surface area (Å²) in [6, 6.07) is 7.52. The minimum atomic E-state index is -4.50. The number of hydrogen-bond acceptors (Lipinski definition) is 8. The second kappa shape index (κ2) is 10.5. The number of ketones is 1. The average molecular weight is 600 g/mol.